The molecule has 0 amide bonds. The maximum Gasteiger partial charge on any atom is 0.357 e. The first kappa shape index (κ1) is 21.1. The molecule has 0 saturated carbocycles. The van der Waals surface area contributed by atoms with Crippen LogP contribution in [0.1, 0.15) is 30.8 Å². The van der Waals surface area contributed by atoms with Crippen LogP contribution in [0.15, 0.2) is 57.7 Å². The number of aromatic hydroxyl groups is 1. The second-order valence-corrected chi connectivity index (χ2v) is 8.59. The van der Waals surface area contributed by atoms with E-state index in [1.165, 1.54) is 18.2 Å². The SMILES string of the molecule is CCOP(=O)(OCC)C(Nc1ccc2c(C)cc(=O)oc2c1)c1cccc(O)c1. The molecule has 0 fully saturated rings. The fourth-order valence-corrected chi connectivity index (χ4v) is 5.08. The largest absolute Gasteiger partial charge is 0.508 e. The van der Waals surface area contributed by atoms with Crippen LogP contribution in [0.3, 0.4) is 0 Å². The van der Waals surface area contributed by atoms with Gasteiger partial charge in [0.2, 0.25) is 0 Å². The van der Waals surface area contributed by atoms with E-state index in [-0.39, 0.29) is 19.0 Å². The highest BCUT2D eigenvalue weighted by molar-refractivity contribution is 7.54. The number of benzene rings is 2. The number of nitrogens with one attached hydrogen (secondary N) is 1. The van der Waals surface area contributed by atoms with E-state index in [0.717, 1.165) is 10.9 Å². The number of hydrogen-bond acceptors (Lipinski definition) is 7. The van der Waals surface area contributed by atoms with Crippen LogP contribution in [-0.2, 0) is 13.6 Å². The summed E-state index contributed by atoms with van der Waals surface area (Å²) in [5.41, 5.74) is 1.89. The summed E-state index contributed by atoms with van der Waals surface area (Å²) in [6.45, 7) is 5.69. The smallest absolute Gasteiger partial charge is 0.357 e. The Balaban J connectivity index is 2.08. The van der Waals surface area contributed by atoms with Crippen LogP contribution in [0.2, 0.25) is 0 Å². The summed E-state index contributed by atoms with van der Waals surface area (Å²) in [7, 11) is -3.63. The molecule has 3 aromatic rings. The Kier molecular flexibility index (Phi) is 6.42. The van der Waals surface area contributed by atoms with Crippen molar-refractivity contribution in [2.75, 3.05) is 18.5 Å². The van der Waals surface area contributed by atoms with Crippen molar-refractivity contribution in [3.05, 3.63) is 70.1 Å². The Morgan fingerprint density at radius 1 is 1.10 bits per heavy atom. The van der Waals surface area contributed by atoms with Crippen molar-refractivity contribution in [2.45, 2.75) is 26.6 Å². The van der Waals surface area contributed by atoms with Gasteiger partial charge in [0.25, 0.3) is 0 Å². The minimum atomic E-state index is -3.63. The van der Waals surface area contributed by atoms with Crippen molar-refractivity contribution in [2.24, 2.45) is 0 Å². The van der Waals surface area contributed by atoms with Gasteiger partial charge in [0.05, 0.1) is 13.2 Å². The number of rotatable bonds is 8. The molecule has 0 radical (unpaired) electrons. The minimum absolute atomic E-state index is 0.0361. The molecule has 0 aliphatic rings. The second-order valence-electron chi connectivity index (χ2n) is 6.48. The third kappa shape index (κ3) is 4.70. The molecule has 154 valence electrons. The molecule has 1 unspecified atom stereocenters. The highest BCUT2D eigenvalue weighted by atomic mass is 31.2. The van der Waals surface area contributed by atoms with Gasteiger partial charge >= 0.3 is 13.2 Å². The van der Waals surface area contributed by atoms with E-state index in [0.29, 0.717) is 16.8 Å². The zero-order chi connectivity index (χ0) is 21.0. The number of anilines is 1. The van der Waals surface area contributed by atoms with Gasteiger partial charge in [-0.25, -0.2) is 4.79 Å². The van der Waals surface area contributed by atoms with Gasteiger partial charge < -0.3 is 23.9 Å². The van der Waals surface area contributed by atoms with Crippen LogP contribution in [0, 0.1) is 6.92 Å². The van der Waals surface area contributed by atoms with E-state index in [2.05, 4.69) is 5.32 Å². The molecule has 29 heavy (non-hydrogen) atoms. The third-order valence-electron chi connectivity index (χ3n) is 4.38. The van der Waals surface area contributed by atoms with Gasteiger partial charge in [0.1, 0.15) is 11.3 Å². The van der Waals surface area contributed by atoms with Gasteiger partial charge in [-0.15, -0.1) is 0 Å². The molecule has 0 spiro atoms. The van der Waals surface area contributed by atoms with Crippen molar-refractivity contribution < 1.29 is 23.1 Å². The second kappa shape index (κ2) is 8.82. The van der Waals surface area contributed by atoms with E-state index in [9.17, 15) is 14.5 Å². The predicted octanol–water partition coefficient (Wildman–Crippen LogP) is 5.18. The number of aryl methyl sites for hydroxylation is 1. The Labute approximate surface area is 168 Å². The van der Waals surface area contributed by atoms with Crippen molar-refractivity contribution in [3.8, 4) is 5.75 Å². The van der Waals surface area contributed by atoms with E-state index in [1.54, 1.807) is 38.1 Å². The zero-order valence-electron chi connectivity index (χ0n) is 16.5. The molecule has 1 aromatic heterocycles. The lowest BCUT2D eigenvalue weighted by molar-refractivity contribution is 0.214. The van der Waals surface area contributed by atoms with Gasteiger partial charge in [0.15, 0.2) is 5.78 Å². The summed E-state index contributed by atoms with van der Waals surface area (Å²) in [5.74, 6) is -0.836. The van der Waals surface area contributed by atoms with Crippen LogP contribution >= 0.6 is 7.60 Å². The van der Waals surface area contributed by atoms with Gasteiger partial charge in [0, 0.05) is 23.2 Å². The van der Waals surface area contributed by atoms with Crippen molar-refractivity contribution in [1.82, 2.24) is 0 Å². The van der Waals surface area contributed by atoms with Gasteiger partial charge in [-0.1, -0.05) is 12.1 Å². The summed E-state index contributed by atoms with van der Waals surface area (Å²) in [6, 6.07) is 13.1. The Bertz CT molecular complexity index is 1100. The number of phenols is 1. The third-order valence-corrected chi connectivity index (χ3v) is 6.67. The molecule has 1 atom stereocenters. The van der Waals surface area contributed by atoms with Gasteiger partial charge in [-0.3, -0.25) is 4.57 Å². The maximum atomic E-state index is 13.5. The van der Waals surface area contributed by atoms with E-state index in [1.807, 2.05) is 13.0 Å². The number of fused-ring (bicyclic) bond motifs is 1. The lowest BCUT2D eigenvalue weighted by Crippen LogP contribution is -2.15. The van der Waals surface area contributed by atoms with Crippen LogP contribution in [0.25, 0.3) is 11.0 Å². The van der Waals surface area contributed by atoms with E-state index in [4.69, 9.17) is 13.5 Å². The standard InChI is InChI=1S/C21H24NO6P/c1-4-26-29(25,27-5-2)21(15-7-6-8-17(23)12-15)22-16-9-10-18-14(3)11-20(24)28-19(18)13-16/h6-13,21-23H,4-5H2,1-3H3. The molecular formula is C21H24NO6P. The average molecular weight is 417 g/mol. The van der Waals surface area contributed by atoms with Gasteiger partial charge in [-0.2, -0.15) is 0 Å². The van der Waals surface area contributed by atoms with Crippen molar-refractivity contribution >= 4 is 24.3 Å². The molecular weight excluding hydrogens is 393 g/mol. The Morgan fingerprint density at radius 3 is 2.48 bits per heavy atom. The lowest BCUT2D eigenvalue weighted by atomic mass is 10.1. The average Bonchev–Trinajstić information content (AvgIpc) is 2.66. The molecule has 2 aromatic carbocycles. The number of phenolic OH excluding ortho intramolecular Hbond substituents is 1. The normalized spacial score (nSPS) is 12.8. The minimum Gasteiger partial charge on any atom is -0.508 e. The van der Waals surface area contributed by atoms with Crippen LogP contribution in [0.4, 0.5) is 5.69 Å². The van der Waals surface area contributed by atoms with Crippen LogP contribution in [0.5, 0.6) is 5.75 Å². The van der Waals surface area contributed by atoms with Crippen molar-refractivity contribution in [1.29, 1.82) is 0 Å². The summed E-state index contributed by atoms with van der Waals surface area (Å²) in [6.07, 6.45) is 0. The molecule has 0 aliphatic heterocycles. The quantitative estimate of drug-likeness (QED) is 0.385. The fourth-order valence-electron chi connectivity index (χ4n) is 3.16. The molecule has 0 bridgehead atoms. The summed E-state index contributed by atoms with van der Waals surface area (Å²) >= 11 is 0. The first-order valence-corrected chi connectivity index (χ1v) is 11.0. The monoisotopic (exact) mass is 417 g/mol. The number of hydrogen-bond donors (Lipinski definition) is 2. The summed E-state index contributed by atoms with van der Waals surface area (Å²) < 4.78 is 29.9. The topological polar surface area (TPSA) is 98.0 Å². The maximum absolute atomic E-state index is 13.5. The lowest BCUT2D eigenvalue weighted by Gasteiger charge is -2.28. The first-order chi connectivity index (χ1) is 13.9. The summed E-state index contributed by atoms with van der Waals surface area (Å²) in [4.78, 5) is 11.7. The van der Waals surface area contributed by atoms with Crippen LogP contribution in [-0.4, -0.2) is 18.3 Å². The molecule has 1 heterocycles. The van der Waals surface area contributed by atoms with Crippen LogP contribution < -0.4 is 10.9 Å². The van der Waals surface area contributed by atoms with E-state index >= 15 is 0 Å². The summed E-state index contributed by atoms with van der Waals surface area (Å²) in [5, 5.41) is 13.9. The predicted molar refractivity (Wildman–Crippen MR) is 113 cm³/mol. The van der Waals surface area contributed by atoms with E-state index < -0.39 is 19.0 Å². The molecule has 7 nitrogen and oxygen atoms in total. The Morgan fingerprint density at radius 2 is 1.83 bits per heavy atom. The molecule has 2 N–H and O–H groups in total. The molecule has 0 saturated heterocycles. The van der Waals surface area contributed by atoms with Crippen molar-refractivity contribution in [3.63, 3.8) is 0 Å². The highest BCUT2D eigenvalue weighted by Crippen LogP contribution is 2.61. The molecule has 0 aliphatic carbocycles. The fraction of sp³-hybridized carbons (Fsp3) is 0.286. The zero-order valence-corrected chi connectivity index (χ0v) is 17.4. The molecule has 8 heteroatoms. The highest BCUT2D eigenvalue weighted by Gasteiger charge is 2.37. The van der Waals surface area contributed by atoms with Gasteiger partial charge in [-0.05, 0) is 56.2 Å². The Hall–Kier alpha value is -2.60. The first-order valence-electron chi connectivity index (χ1n) is 9.35. The molecule has 3 rings (SSSR count).